The maximum absolute atomic E-state index is 12.5. The van der Waals surface area contributed by atoms with Crippen LogP contribution in [0.3, 0.4) is 0 Å². The van der Waals surface area contributed by atoms with Crippen LogP contribution < -0.4 is 5.32 Å². The Morgan fingerprint density at radius 3 is 2.56 bits per heavy atom. The van der Waals surface area contributed by atoms with Crippen LogP contribution in [-0.4, -0.2) is 10.9 Å². The average Bonchev–Trinajstić information content (AvgIpc) is 3.06. The first kappa shape index (κ1) is 17.0. The fraction of sp³-hybridized carbons (Fsp3) is 0.130. The molecule has 0 bridgehead atoms. The molecule has 27 heavy (non-hydrogen) atoms. The molecule has 0 saturated heterocycles. The second kappa shape index (κ2) is 7.08. The van der Waals surface area contributed by atoms with Gasteiger partial charge in [-0.25, -0.2) is 4.98 Å². The Morgan fingerprint density at radius 1 is 0.963 bits per heavy atom. The van der Waals surface area contributed by atoms with Gasteiger partial charge in [-0.3, -0.25) is 4.79 Å². The van der Waals surface area contributed by atoms with Gasteiger partial charge >= 0.3 is 0 Å². The number of benzene rings is 3. The van der Waals surface area contributed by atoms with Crippen molar-refractivity contribution in [1.82, 2.24) is 4.98 Å². The maximum Gasteiger partial charge on any atom is 0.255 e. The van der Waals surface area contributed by atoms with E-state index in [0.29, 0.717) is 17.9 Å². The van der Waals surface area contributed by atoms with Crippen molar-refractivity contribution in [3.63, 3.8) is 0 Å². The monoisotopic (exact) mass is 356 g/mol. The minimum atomic E-state index is -0.109. The molecule has 134 valence electrons. The van der Waals surface area contributed by atoms with Gasteiger partial charge in [-0.2, -0.15) is 0 Å². The molecule has 1 aromatic heterocycles. The zero-order chi connectivity index (χ0) is 18.8. The first-order chi connectivity index (χ1) is 13.1. The van der Waals surface area contributed by atoms with E-state index in [-0.39, 0.29) is 5.91 Å². The van der Waals surface area contributed by atoms with Gasteiger partial charge in [0.1, 0.15) is 5.52 Å². The van der Waals surface area contributed by atoms with Gasteiger partial charge in [0.15, 0.2) is 11.5 Å². The van der Waals surface area contributed by atoms with Gasteiger partial charge in [0, 0.05) is 17.7 Å². The number of fused-ring (bicyclic) bond motifs is 1. The summed E-state index contributed by atoms with van der Waals surface area (Å²) in [7, 11) is 0. The van der Waals surface area contributed by atoms with Crippen LogP contribution in [0.1, 0.15) is 32.9 Å². The Labute approximate surface area is 157 Å². The summed E-state index contributed by atoms with van der Waals surface area (Å²) in [4.78, 5) is 17.1. The van der Waals surface area contributed by atoms with Crippen molar-refractivity contribution in [3.05, 3.63) is 94.9 Å². The van der Waals surface area contributed by atoms with E-state index in [1.54, 1.807) is 0 Å². The summed E-state index contributed by atoms with van der Waals surface area (Å²) in [6.07, 6.45) is 0.572. The number of hydrogen-bond donors (Lipinski definition) is 1. The van der Waals surface area contributed by atoms with Crippen LogP contribution in [0.25, 0.3) is 11.1 Å². The average molecular weight is 356 g/mol. The predicted molar refractivity (Wildman–Crippen MR) is 107 cm³/mol. The normalized spacial score (nSPS) is 10.9. The number of para-hydroxylation sites is 1. The Hall–Kier alpha value is -3.40. The Bertz CT molecular complexity index is 1130. The number of aromatic nitrogens is 1. The van der Waals surface area contributed by atoms with Gasteiger partial charge in [-0.05, 0) is 54.8 Å². The molecule has 0 spiro atoms. The Kier molecular flexibility index (Phi) is 4.47. The minimum Gasteiger partial charge on any atom is -0.440 e. The van der Waals surface area contributed by atoms with E-state index in [9.17, 15) is 4.79 Å². The number of nitrogens with one attached hydrogen (secondary N) is 1. The first-order valence-corrected chi connectivity index (χ1v) is 8.91. The van der Waals surface area contributed by atoms with E-state index < -0.39 is 0 Å². The molecule has 0 aliphatic carbocycles. The van der Waals surface area contributed by atoms with E-state index in [1.807, 2.05) is 80.6 Å². The molecule has 0 fully saturated rings. The number of nitrogens with zero attached hydrogens (tertiary/aromatic N) is 1. The summed E-state index contributed by atoms with van der Waals surface area (Å²) in [6, 6.07) is 21.2. The Morgan fingerprint density at radius 2 is 1.74 bits per heavy atom. The summed E-state index contributed by atoms with van der Waals surface area (Å²) in [5, 5.41) is 2.97. The summed E-state index contributed by atoms with van der Waals surface area (Å²) in [6.45, 7) is 3.96. The smallest absolute Gasteiger partial charge is 0.255 e. The number of aryl methyl sites for hydroxylation is 2. The lowest BCUT2D eigenvalue weighted by Gasteiger charge is -2.08. The van der Waals surface area contributed by atoms with Crippen molar-refractivity contribution in [2.24, 2.45) is 0 Å². The van der Waals surface area contributed by atoms with E-state index in [1.165, 1.54) is 0 Å². The van der Waals surface area contributed by atoms with Gasteiger partial charge in [-0.15, -0.1) is 0 Å². The highest BCUT2D eigenvalue weighted by Crippen LogP contribution is 2.22. The van der Waals surface area contributed by atoms with Crippen LogP contribution in [0.4, 0.5) is 5.69 Å². The molecule has 3 aromatic carbocycles. The van der Waals surface area contributed by atoms with Gasteiger partial charge in [0.25, 0.3) is 5.91 Å². The third-order valence-electron chi connectivity index (χ3n) is 4.59. The van der Waals surface area contributed by atoms with Crippen LogP contribution in [0.2, 0.25) is 0 Å². The maximum atomic E-state index is 12.5. The summed E-state index contributed by atoms with van der Waals surface area (Å²) >= 11 is 0. The van der Waals surface area contributed by atoms with Crippen molar-refractivity contribution in [1.29, 1.82) is 0 Å². The highest BCUT2D eigenvalue weighted by molar-refractivity contribution is 6.05. The van der Waals surface area contributed by atoms with E-state index >= 15 is 0 Å². The molecule has 4 nitrogen and oxygen atoms in total. The molecule has 0 radical (unpaired) electrons. The van der Waals surface area contributed by atoms with Crippen LogP contribution >= 0.6 is 0 Å². The van der Waals surface area contributed by atoms with Crippen molar-refractivity contribution in [2.75, 3.05) is 5.32 Å². The van der Waals surface area contributed by atoms with E-state index in [4.69, 9.17) is 4.42 Å². The van der Waals surface area contributed by atoms with Gasteiger partial charge in [-0.1, -0.05) is 42.5 Å². The molecule has 0 unspecified atom stereocenters. The molecular formula is C23H20N2O2. The molecule has 0 saturated carbocycles. The highest BCUT2D eigenvalue weighted by atomic mass is 16.3. The van der Waals surface area contributed by atoms with E-state index in [0.717, 1.165) is 33.5 Å². The van der Waals surface area contributed by atoms with Crippen LogP contribution in [0.15, 0.2) is 71.1 Å². The number of carbonyl (C=O) groups excluding carboxylic acids is 1. The quantitative estimate of drug-likeness (QED) is 0.541. The van der Waals surface area contributed by atoms with Crippen LogP contribution in [0, 0.1) is 13.8 Å². The molecule has 0 atom stereocenters. The number of oxazole rings is 1. The largest absolute Gasteiger partial charge is 0.440 e. The third-order valence-corrected chi connectivity index (χ3v) is 4.59. The van der Waals surface area contributed by atoms with E-state index in [2.05, 4.69) is 10.3 Å². The summed E-state index contributed by atoms with van der Waals surface area (Å²) in [5.41, 5.74) is 6.22. The molecule has 4 heteroatoms. The van der Waals surface area contributed by atoms with Gasteiger partial charge < -0.3 is 9.73 Å². The Balaban J connectivity index is 1.54. The highest BCUT2D eigenvalue weighted by Gasteiger charge is 2.11. The van der Waals surface area contributed by atoms with Crippen LogP contribution in [-0.2, 0) is 6.42 Å². The van der Waals surface area contributed by atoms with Gasteiger partial charge in [0.2, 0.25) is 0 Å². The van der Waals surface area contributed by atoms with Crippen molar-refractivity contribution >= 4 is 22.7 Å². The molecule has 4 rings (SSSR count). The molecule has 0 aliphatic rings. The number of carbonyl (C=O) groups is 1. The number of amides is 1. The van der Waals surface area contributed by atoms with Crippen molar-refractivity contribution in [3.8, 4) is 0 Å². The summed E-state index contributed by atoms with van der Waals surface area (Å²) < 4.78 is 5.86. The van der Waals surface area contributed by atoms with Gasteiger partial charge in [0.05, 0.1) is 0 Å². The molecular weight excluding hydrogens is 336 g/mol. The van der Waals surface area contributed by atoms with Crippen molar-refractivity contribution in [2.45, 2.75) is 20.3 Å². The number of anilines is 1. The second-order valence-electron chi connectivity index (χ2n) is 6.68. The lowest BCUT2D eigenvalue weighted by molar-refractivity contribution is 0.102. The molecule has 4 aromatic rings. The lowest BCUT2D eigenvalue weighted by Crippen LogP contribution is -2.13. The molecule has 1 heterocycles. The number of rotatable bonds is 4. The topological polar surface area (TPSA) is 55.1 Å². The lowest BCUT2D eigenvalue weighted by atomic mass is 10.1. The second-order valence-corrected chi connectivity index (χ2v) is 6.68. The third kappa shape index (κ3) is 3.60. The fourth-order valence-electron chi connectivity index (χ4n) is 3.17. The number of hydrogen-bond acceptors (Lipinski definition) is 3. The molecule has 0 aliphatic heterocycles. The zero-order valence-corrected chi connectivity index (χ0v) is 15.3. The van der Waals surface area contributed by atoms with Crippen molar-refractivity contribution < 1.29 is 9.21 Å². The fourth-order valence-corrected chi connectivity index (χ4v) is 3.17. The molecule has 1 amide bonds. The van der Waals surface area contributed by atoms with Crippen LogP contribution in [0.5, 0.6) is 0 Å². The minimum absolute atomic E-state index is 0.109. The SMILES string of the molecule is Cc1ccccc1C(=O)Nc1cccc(Cc2nc3c(C)cccc3o2)c1. The summed E-state index contributed by atoms with van der Waals surface area (Å²) in [5.74, 6) is 0.560. The molecule has 1 N–H and O–H groups in total. The zero-order valence-electron chi connectivity index (χ0n) is 15.3. The predicted octanol–water partition coefficient (Wildman–Crippen LogP) is 5.29. The first-order valence-electron chi connectivity index (χ1n) is 8.91. The standard InChI is InChI=1S/C23H20N2O2/c1-15-7-3-4-11-19(15)23(26)24-18-10-6-9-17(13-18)14-21-25-22-16(2)8-5-12-20(22)27-21/h3-13H,14H2,1-2H3,(H,24,26).